The quantitative estimate of drug-likeness (QED) is 0.931. The standard InChI is InChI=1S/C14H11ClN2O2/c15-12-3-4-14(11(6-12)8-18)19-9-10-2-1-5-17-13(10)7-16/h1-6,18H,8-9H2. The molecule has 1 aromatic heterocycles. The van der Waals surface area contributed by atoms with E-state index in [9.17, 15) is 5.11 Å². The zero-order valence-corrected chi connectivity index (χ0v) is 10.8. The van der Waals surface area contributed by atoms with E-state index in [4.69, 9.17) is 21.6 Å². The van der Waals surface area contributed by atoms with E-state index in [1.165, 1.54) is 0 Å². The van der Waals surface area contributed by atoms with Gasteiger partial charge in [-0.3, -0.25) is 0 Å². The minimum Gasteiger partial charge on any atom is -0.488 e. The van der Waals surface area contributed by atoms with Crippen LogP contribution in [0.4, 0.5) is 0 Å². The van der Waals surface area contributed by atoms with Gasteiger partial charge in [-0.15, -0.1) is 0 Å². The van der Waals surface area contributed by atoms with Gasteiger partial charge in [0.25, 0.3) is 0 Å². The molecule has 5 heteroatoms. The molecule has 1 heterocycles. The Morgan fingerprint density at radius 2 is 2.16 bits per heavy atom. The van der Waals surface area contributed by atoms with E-state index in [0.29, 0.717) is 27.6 Å². The van der Waals surface area contributed by atoms with Crippen LogP contribution in [0.15, 0.2) is 36.5 Å². The van der Waals surface area contributed by atoms with E-state index in [1.54, 1.807) is 36.5 Å². The van der Waals surface area contributed by atoms with Crippen LogP contribution in [0.25, 0.3) is 0 Å². The highest BCUT2D eigenvalue weighted by Gasteiger charge is 2.07. The number of ether oxygens (including phenoxy) is 1. The average Bonchev–Trinajstić information content (AvgIpc) is 2.46. The number of hydrogen-bond donors (Lipinski definition) is 1. The van der Waals surface area contributed by atoms with Gasteiger partial charge in [0.05, 0.1) is 6.61 Å². The molecule has 2 rings (SSSR count). The van der Waals surface area contributed by atoms with Crippen molar-refractivity contribution in [2.45, 2.75) is 13.2 Å². The Labute approximate surface area is 115 Å². The normalized spacial score (nSPS) is 9.95. The van der Waals surface area contributed by atoms with Gasteiger partial charge in [0.1, 0.15) is 24.1 Å². The first kappa shape index (κ1) is 13.3. The number of hydrogen-bond acceptors (Lipinski definition) is 4. The largest absolute Gasteiger partial charge is 0.488 e. The number of aromatic nitrogens is 1. The summed E-state index contributed by atoms with van der Waals surface area (Å²) in [5, 5.41) is 18.7. The molecule has 2 aromatic rings. The average molecular weight is 275 g/mol. The van der Waals surface area contributed by atoms with Crippen LogP contribution in [0.1, 0.15) is 16.8 Å². The van der Waals surface area contributed by atoms with Gasteiger partial charge in [0.15, 0.2) is 0 Å². The van der Waals surface area contributed by atoms with Gasteiger partial charge in [0, 0.05) is 22.3 Å². The van der Waals surface area contributed by atoms with Crippen molar-refractivity contribution in [3.8, 4) is 11.8 Å². The molecule has 0 saturated carbocycles. The number of nitrogens with zero attached hydrogens (tertiary/aromatic N) is 2. The van der Waals surface area contributed by atoms with Crippen LogP contribution in [0.3, 0.4) is 0 Å². The number of aliphatic hydroxyl groups is 1. The van der Waals surface area contributed by atoms with Crippen molar-refractivity contribution < 1.29 is 9.84 Å². The van der Waals surface area contributed by atoms with Crippen LogP contribution in [0.5, 0.6) is 5.75 Å². The second-order valence-electron chi connectivity index (χ2n) is 3.82. The third-order valence-corrected chi connectivity index (χ3v) is 2.81. The van der Waals surface area contributed by atoms with Gasteiger partial charge in [-0.25, -0.2) is 4.98 Å². The number of benzene rings is 1. The van der Waals surface area contributed by atoms with E-state index < -0.39 is 0 Å². The molecule has 1 N–H and O–H groups in total. The van der Waals surface area contributed by atoms with Gasteiger partial charge in [-0.05, 0) is 24.3 Å². The Morgan fingerprint density at radius 1 is 1.32 bits per heavy atom. The number of halogens is 1. The molecule has 0 fully saturated rings. The van der Waals surface area contributed by atoms with Crippen LogP contribution in [0.2, 0.25) is 5.02 Å². The highest BCUT2D eigenvalue weighted by Crippen LogP contribution is 2.24. The van der Waals surface area contributed by atoms with Gasteiger partial charge >= 0.3 is 0 Å². The molecule has 0 bridgehead atoms. The molecule has 19 heavy (non-hydrogen) atoms. The van der Waals surface area contributed by atoms with Crippen molar-refractivity contribution in [2.24, 2.45) is 0 Å². The summed E-state index contributed by atoms with van der Waals surface area (Å²) < 4.78 is 5.60. The molecule has 0 amide bonds. The minimum atomic E-state index is -0.159. The van der Waals surface area contributed by atoms with E-state index in [2.05, 4.69) is 4.98 Å². The van der Waals surface area contributed by atoms with Gasteiger partial charge in [-0.1, -0.05) is 17.7 Å². The number of nitriles is 1. The summed E-state index contributed by atoms with van der Waals surface area (Å²) in [7, 11) is 0. The number of aliphatic hydroxyl groups excluding tert-OH is 1. The van der Waals surface area contributed by atoms with Crippen LogP contribution in [-0.2, 0) is 13.2 Å². The lowest BCUT2D eigenvalue weighted by Gasteiger charge is -2.10. The zero-order valence-electron chi connectivity index (χ0n) is 10.0. The molecule has 0 aliphatic carbocycles. The van der Waals surface area contributed by atoms with Gasteiger partial charge in [0.2, 0.25) is 0 Å². The molecule has 96 valence electrons. The summed E-state index contributed by atoms with van der Waals surface area (Å²) >= 11 is 5.84. The maximum absolute atomic E-state index is 9.24. The molecule has 4 nitrogen and oxygen atoms in total. The molecule has 0 aliphatic rings. The Hall–Kier alpha value is -2.09. The first-order valence-electron chi connectivity index (χ1n) is 5.60. The number of rotatable bonds is 4. The van der Waals surface area contributed by atoms with Crippen molar-refractivity contribution in [1.29, 1.82) is 5.26 Å². The van der Waals surface area contributed by atoms with E-state index >= 15 is 0 Å². The molecule has 0 saturated heterocycles. The molecule has 0 spiro atoms. The molecular formula is C14H11ClN2O2. The fourth-order valence-corrected chi connectivity index (χ4v) is 1.82. The lowest BCUT2D eigenvalue weighted by Crippen LogP contribution is -2.01. The summed E-state index contributed by atoms with van der Waals surface area (Å²) in [6, 6.07) is 10.6. The first-order valence-corrected chi connectivity index (χ1v) is 5.98. The Bertz CT molecular complexity index is 623. The highest BCUT2D eigenvalue weighted by atomic mass is 35.5. The van der Waals surface area contributed by atoms with Crippen LogP contribution < -0.4 is 4.74 Å². The maximum Gasteiger partial charge on any atom is 0.147 e. The Balaban J connectivity index is 2.17. The van der Waals surface area contributed by atoms with E-state index in [1.807, 2.05) is 6.07 Å². The molecule has 0 aliphatic heterocycles. The molecule has 0 unspecified atom stereocenters. The molecule has 1 aromatic carbocycles. The summed E-state index contributed by atoms with van der Waals surface area (Å²) in [5.74, 6) is 0.541. The van der Waals surface area contributed by atoms with Crippen molar-refractivity contribution in [3.05, 3.63) is 58.4 Å². The van der Waals surface area contributed by atoms with Crippen LogP contribution in [-0.4, -0.2) is 10.1 Å². The first-order chi connectivity index (χ1) is 9.24. The zero-order chi connectivity index (χ0) is 13.7. The van der Waals surface area contributed by atoms with Crippen LogP contribution >= 0.6 is 11.6 Å². The molecule has 0 radical (unpaired) electrons. The van der Waals surface area contributed by atoms with Gasteiger partial charge < -0.3 is 9.84 Å². The highest BCUT2D eigenvalue weighted by molar-refractivity contribution is 6.30. The van der Waals surface area contributed by atoms with E-state index in [0.717, 1.165) is 0 Å². The lowest BCUT2D eigenvalue weighted by atomic mass is 10.2. The van der Waals surface area contributed by atoms with Gasteiger partial charge in [-0.2, -0.15) is 5.26 Å². The van der Waals surface area contributed by atoms with E-state index in [-0.39, 0.29) is 13.2 Å². The fraction of sp³-hybridized carbons (Fsp3) is 0.143. The Morgan fingerprint density at radius 3 is 2.89 bits per heavy atom. The smallest absolute Gasteiger partial charge is 0.147 e. The maximum atomic E-state index is 9.24. The monoisotopic (exact) mass is 274 g/mol. The minimum absolute atomic E-state index is 0.159. The van der Waals surface area contributed by atoms with Crippen LogP contribution in [0, 0.1) is 11.3 Å². The third kappa shape index (κ3) is 3.22. The SMILES string of the molecule is N#Cc1ncccc1COc1ccc(Cl)cc1CO. The second kappa shape index (κ2) is 6.19. The molecular weight excluding hydrogens is 264 g/mol. The predicted octanol–water partition coefficient (Wildman–Crippen LogP) is 2.68. The Kier molecular flexibility index (Phi) is 4.35. The van der Waals surface area contributed by atoms with Crippen molar-refractivity contribution in [1.82, 2.24) is 4.98 Å². The number of pyridine rings is 1. The van der Waals surface area contributed by atoms with Crippen molar-refractivity contribution in [3.63, 3.8) is 0 Å². The topological polar surface area (TPSA) is 66.1 Å². The van der Waals surface area contributed by atoms with Crippen molar-refractivity contribution in [2.75, 3.05) is 0 Å². The summed E-state index contributed by atoms with van der Waals surface area (Å²) in [4.78, 5) is 3.95. The second-order valence-corrected chi connectivity index (χ2v) is 4.26. The predicted molar refractivity (Wildman–Crippen MR) is 70.7 cm³/mol. The summed E-state index contributed by atoms with van der Waals surface area (Å²) in [5.41, 5.74) is 1.64. The van der Waals surface area contributed by atoms with Crippen molar-refractivity contribution >= 4 is 11.6 Å². The molecule has 0 atom stereocenters. The fourth-order valence-electron chi connectivity index (χ4n) is 1.62. The third-order valence-electron chi connectivity index (χ3n) is 2.57. The summed E-state index contributed by atoms with van der Waals surface area (Å²) in [6.07, 6.45) is 1.56. The lowest BCUT2D eigenvalue weighted by molar-refractivity contribution is 0.259. The summed E-state index contributed by atoms with van der Waals surface area (Å²) in [6.45, 7) is 0.0550.